The van der Waals surface area contributed by atoms with Gasteiger partial charge in [0, 0.05) is 118 Å². The van der Waals surface area contributed by atoms with Crippen molar-refractivity contribution >= 4 is 98.4 Å². The Morgan fingerprint density at radius 1 is 0.573 bits per heavy atom. The Balaban J connectivity index is 0.712. The molecule has 0 fully saturated rings. The first kappa shape index (κ1) is 62.0. The largest absolute Gasteiger partial charge is 0.505 e. The number of aliphatic hydroxyl groups excluding tert-OH is 3. The number of aromatic amines is 2. The highest BCUT2D eigenvalue weighted by atomic mass is 16.3. The molecule has 6 amide bonds. The van der Waals surface area contributed by atoms with Crippen molar-refractivity contribution in [2.24, 2.45) is 57.3 Å². The van der Waals surface area contributed by atoms with E-state index in [0.29, 0.717) is 40.8 Å². The molecule has 464 valence electrons. The number of phenols is 1. The monoisotopic (exact) mass is 1220 g/mol. The standard InChI is InChI=1S/C58H67N21O10/c1-73(2)20-10-16-59-45(80)14-17-63-54(85)40-22-34(28-75(40)4)66-56(87)42-24-35(29-77(42)6)67-57(88)43-25-36(30-78(43)7)68-58(89)51-71-44(31-79(51)8)70-46(81)11-9-15-62-53(84)39-21-33(27-74(39)3)65-55(86)41-23-32(26-76(41)5)64-52(83)37-12-13-38-47(48(37)82)72-50(69-38)49-60-18-19-61-49/h12-13,18-19,21-31,82H,9-11,14-17,20H2,1-8H3,(H,59,80)(H,60,61)(H,62,84)(H,63,85)(H,64,83)(H,65,86)(H,66,87)(H,67,88)(H,68,89)(H,69,72)(H,70,81). The number of benzene rings is 1. The number of aryl methyl sites for hydroxylation is 6. The number of carbonyl (C=O) groups excluding carboxylic acids is 6. The van der Waals surface area contributed by atoms with Gasteiger partial charge in [0.1, 0.15) is 34.0 Å². The van der Waals surface area contributed by atoms with Crippen LogP contribution in [-0.4, -0.2) is 171 Å². The summed E-state index contributed by atoms with van der Waals surface area (Å²) in [6, 6.07) is 10.5. The predicted molar refractivity (Wildman–Crippen MR) is 333 cm³/mol. The molecule has 9 rings (SSSR count). The average Bonchev–Trinajstić information content (AvgIpc) is 1.89. The number of imidazole rings is 3. The minimum Gasteiger partial charge on any atom is -0.505 e. The summed E-state index contributed by atoms with van der Waals surface area (Å²) in [5, 5.41) is 59.3. The van der Waals surface area contributed by atoms with E-state index in [1.807, 2.05) is 19.0 Å². The van der Waals surface area contributed by atoms with Crippen LogP contribution >= 0.6 is 0 Å². The van der Waals surface area contributed by atoms with E-state index in [4.69, 9.17) is 0 Å². The minimum absolute atomic E-state index is 0.0186. The van der Waals surface area contributed by atoms with Crippen LogP contribution in [0.3, 0.4) is 0 Å². The molecule has 31 heteroatoms. The maximum atomic E-state index is 13.5. The number of phenolic OH excluding ortho intramolecular Hbond substituents is 1. The smallest absolute Gasteiger partial charge is 0.291 e. The van der Waals surface area contributed by atoms with Crippen molar-refractivity contribution in [3.8, 4) is 17.4 Å². The van der Waals surface area contributed by atoms with Crippen LogP contribution in [0.1, 0.15) is 94.3 Å². The van der Waals surface area contributed by atoms with Gasteiger partial charge in [0.2, 0.25) is 11.7 Å². The van der Waals surface area contributed by atoms with Gasteiger partial charge in [-0.3, -0.25) is 33.8 Å². The molecule has 12 N–H and O–H groups in total. The number of aromatic hydroxyl groups is 1. The van der Waals surface area contributed by atoms with Crippen LogP contribution in [0.4, 0.5) is 34.3 Å². The minimum atomic E-state index is -0.629. The van der Waals surface area contributed by atoms with Gasteiger partial charge in [-0.25, -0.2) is 19.9 Å². The van der Waals surface area contributed by atoms with E-state index < -0.39 is 41.3 Å². The fraction of sp³-hybridized carbons (Fsp3) is 0.276. The molecule has 0 unspecified atom stereocenters. The van der Waals surface area contributed by atoms with Crippen LogP contribution in [-0.2, 0) is 42.3 Å². The third kappa shape index (κ3) is 15.0. The van der Waals surface area contributed by atoms with Gasteiger partial charge in [-0.2, -0.15) is 4.99 Å². The van der Waals surface area contributed by atoms with E-state index >= 15 is 0 Å². The molecular weight excluding hydrogens is 1150 g/mol. The summed E-state index contributed by atoms with van der Waals surface area (Å²) >= 11 is 0. The topological polar surface area (TPSA) is 396 Å². The molecule has 0 aliphatic rings. The normalized spacial score (nSPS) is 12.0. The first-order chi connectivity index (χ1) is 42.5. The third-order valence-corrected chi connectivity index (χ3v) is 13.9. The van der Waals surface area contributed by atoms with E-state index in [1.165, 1.54) is 77.8 Å². The Labute approximate surface area is 507 Å². The van der Waals surface area contributed by atoms with Gasteiger partial charge in [-0.05, 0) is 75.9 Å². The van der Waals surface area contributed by atoms with E-state index in [2.05, 4.69) is 71.8 Å². The molecule has 0 spiro atoms. The number of nitrogens with one attached hydrogen (secondary N) is 8. The highest BCUT2D eigenvalue weighted by Crippen LogP contribution is 2.31. The summed E-state index contributed by atoms with van der Waals surface area (Å²) in [7, 11) is 13.7. The maximum Gasteiger partial charge on any atom is 0.291 e. The van der Waals surface area contributed by atoms with Crippen molar-refractivity contribution in [2.75, 3.05) is 61.5 Å². The van der Waals surface area contributed by atoms with Crippen LogP contribution in [0, 0.1) is 0 Å². The van der Waals surface area contributed by atoms with E-state index in [1.54, 1.807) is 83.9 Å². The van der Waals surface area contributed by atoms with Crippen LogP contribution < -0.4 is 31.9 Å². The van der Waals surface area contributed by atoms with Crippen molar-refractivity contribution < 1.29 is 49.2 Å². The van der Waals surface area contributed by atoms with Gasteiger partial charge in [0.15, 0.2) is 35.0 Å². The Hall–Kier alpha value is -11.5. The molecule has 0 saturated carbocycles. The Kier molecular flexibility index (Phi) is 18.7. The van der Waals surface area contributed by atoms with Crippen LogP contribution in [0.15, 0.2) is 107 Å². The summed E-state index contributed by atoms with van der Waals surface area (Å²) < 4.78 is 9.06. The maximum absolute atomic E-state index is 13.5. The van der Waals surface area contributed by atoms with Crippen molar-refractivity contribution in [2.45, 2.75) is 25.7 Å². The molecule has 89 heavy (non-hydrogen) atoms. The van der Waals surface area contributed by atoms with Crippen molar-refractivity contribution in [1.82, 2.24) is 67.9 Å². The zero-order valence-electron chi connectivity index (χ0n) is 49.9. The highest BCUT2D eigenvalue weighted by molar-refractivity contribution is 6.09. The molecule has 0 saturated heterocycles. The number of fused-ring (bicyclic) bond motifs is 1. The number of nitrogens with zero attached hydrogens (tertiary/aromatic N) is 13. The van der Waals surface area contributed by atoms with Gasteiger partial charge in [0.25, 0.3) is 35.4 Å². The third-order valence-electron chi connectivity index (χ3n) is 13.9. The lowest BCUT2D eigenvalue weighted by Crippen LogP contribution is -2.27. The molecule has 9 aromatic rings. The van der Waals surface area contributed by atoms with Crippen molar-refractivity contribution in [1.29, 1.82) is 0 Å². The Morgan fingerprint density at radius 2 is 1.10 bits per heavy atom. The molecule has 1 aromatic carbocycles. The second-order valence-electron chi connectivity index (χ2n) is 21.1. The number of hydrogen-bond acceptors (Lipinski definition) is 14. The predicted octanol–water partition coefficient (Wildman–Crippen LogP) is 5.56. The SMILES string of the molecule is CN(C)CCCN=C(O)CCNC(=O)c1cc(NC(=O)c2cc(NC(=O)c3cc(NC(=O)c4nc(N=C(O)CCCNC(=O)c5cc(NC(=O)c6cc(N=C(O)c7ccc8[nH]c(-c9ncc[nH]9)nc8c7O)cn6C)cn5C)cn4C)cn3C)cn2C)cn1C. The zero-order chi connectivity index (χ0) is 63.8. The number of rotatable bonds is 25. The number of H-pyrrole nitrogens is 2. The van der Waals surface area contributed by atoms with Crippen LogP contribution in [0.2, 0.25) is 0 Å². The van der Waals surface area contributed by atoms with Gasteiger partial charge in [-0.1, -0.05) is 0 Å². The fourth-order valence-corrected chi connectivity index (χ4v) is 9.47. The summed E-state index contributed by atoms with van der Waals surface area (Å²) in [6.07, 6.45) is 13.7. The highest BCUT2D eigenvalue weighted by Gasteiger charge is 2.23. The fourth-order valence-electron chi connectivity index (χ4n) is 9.47. The summed E-state index contributed by atoms with van der Waals surface area (Å²) in [5.41, 5.74) is 3.29. The quantitative estimate of drug-likeness (QED) is 0.0190. The lowest BCUT2D eigenvalue weighted by molar-refractivity contribution is 0.0937. The first-order valence-electron chi connectivity index (χ1n) is 27.8. The van der Waals surface area contributed by atoms with Gasteiger partial charge in [-0.15, -0.1) is 0 Å². The molecule has 0 radical (unpaired) electrons. The van der Waals surface area contributed by atoms with Gasteiger partial charge >= 0.3 is 0 Å². The number of amides is 6. The lowest BCUT2D eigenvalue weighted by Gasteiger charge is -2.07. The first-order valence-corrected chi connectivity index (χ1v) is 27.8. The van der Waals surface area contributed by atoms with Crippen molar-refractivity contribution in [3.63, 3.8) is 0 Å². The number of hydrogen-bond donors (Lipinski definition) is 12. The lowest BCUT2D eigenvalue weighted by atomic mass is 10.1. The number of aliphatic imine (C=N–C) groups is 3. The summed E-state index contributed by atoms with van der Waals surface area (Å²) in [6.45, 7) is 1.63. The second kappa shape index (κ2) is 26.8. The molecule has 8 heterocycles. The number of aliphatic hydroxyl groups is 3. The molecular formula is C58H67N21O10. The van der Waals surface area contributed by atoms with Crippen molar-refractivity contribution in [3.05, 3.63) is 132 Å². The second-order valence-corrected chi connectivity index (χ2v) is 21.1. The van der Waals surface area contributed by atoms with E-state index in [-0.39, 0.29) is 112 Å². The van der Waals surface area contributed by atoms with Gasteiger partial charge in [0.05, 0.1) is 45.7 Å². The molecule has 31 nitrogen and oxygen atoms in total. The van der Waals surface area contributed by atoms with Crippen LogP contribution in [0.5, 0.6) is 5.75 Å². The number of aromatic nitrogens is 11. The number of anilines is 4. The zero-order valence-corrected chi connectivity index (χ0v) is 49.9. The summed E-state index contributed by atoms with van der Waals surface area (Å²) in [5.74, 6) is -3.35. The molecule has 0 atom stereocenters. The van der Waals surface area contributed by atoms with E-state index in [9.17, 15) is 49.2 Å². The van der Waals surface area contributed by atoms with Gasteiger partial charge < -0.3 is 94.6 Å². The molecule has 0 aliphatic heterocycles. The Morgan fingerprint density at radius 3 is 1.65 bits per heavy atom. The van der Waals surface area contributed by atoms with E-state index in [0.717, 1.165) is 13.0 Å². The van der Waals surface area contributed by atoms with Crippen LogP contribution in [0.25, 0.3) is 22.7 Å². The summed E-state index contributed by atoms with van der Waals surface area (Å²) in [4.78, 5) is 113. The number of carbonyl (C=O) groups is 6. The molecule has 8 aromatic heterocycles. The average molecular weight is 1220 g/mol. The Bertz CT molecular complexity index is 4230. The molecule has 0 aliphatic carbocycles. The molecule has 0 bridgehead atoms.